The lowest BCUT2D eigenvalue weighted by molar-refractivity contribution is 0.0898. The lowest BCUT2D eigenvalue weighted by Crippen LogP contribution is -2.36. The first-order chi connectivity index (χ1) is 19.3. The van der Waals surface area contributed by atoms with Crippen LogP contribution in [-0.2, 0) is 0 Å². The minimum atomic E-state index is 0.677. The van der Waals surface area contributed by atoms with E-state index in [0.29, 0.717) is 5.41 Å². The Morgan fingerprint density at radius 1 is 0.436 bits per heavy atom. The first-order valence-corrected chi connectivity index (χ1v) is 19.7. The molecule has 2 rings (SSSR count). The van der Waals surface area contributed by atoms with Crippen LogP contribution in [0, 0.1) is 11.3 Å². The second-order valence-corrected chi connectivity index (χ2v) is 15.2. The molecule has 0 radical (unpaired) electrons. The first-order valence-electron chi connectivity index (χ1n) is 19.0. The lowest BCUT2D eigenvalue weighted by Gasteiger charge is -2.45. The molecule has 0 aromatic rings. The second kappa shape index (κ2) is 25.0. The Morgan fingerprint density at radius 2 is 0.795 bits per heavy atom. The van der Waals surface area contributed by atoms with Crippen molar-refractivity contribution in [3.63, 3.8) is 0 Å². The van der Waals surface area contributed by atoms with Crippen molar-refractivity contribution < 1.29 is 0 Å². The summed E-state index contributed by atoms with van der Waals surface area (Å²) in [5, 5.41) is 0. The molecule has 0 saturated heterocycles. The summed E-state index contributed by atoms with van der Waals surface area (Å²) in [4.78, 5) is 0. The van der Waals surface area contributed by atoms with E-state index in [1.54, 1.807) is 19.3 Å². The predicted octanol–water partition coefficient (Wildman–Crippen LogP) is 14.1. The normalized spacial score (nSPS) is 23.2. The molecule has 0 nitrogen and oxygen atoms in total. The van der Waals surface area contributed by atoms with Crippen molar-refractivity contribution in [2.24, 2.45) is 11.3 Å². The number of rotatable bonds is 20. The maximum Gasteiger partial charge on any atom is -0.0231 e. The highest BCUT2D eigenvalue weighted by Crippen LogP contribution is 2.50. The molecule has 2 aliphatic carbocycles. The van der Waals surface area contributed by atoms with Crippen molar-refractivity contribution in [3.05, 3.63) is 0 Å². The van der Waals surface area contributed by atoms with E-state index in [1.165, 1.54) is 199 Å². The fourth-order valence-corrected chi connectivity index (χ4v) is 9.26. The number of hydrogen-bond acceptors (Lipinski definition) is 0. The maximum absolute atomic E-state index is 3.39. The Balaban J connectivity index is 1.58. The molecule has 1 heteroatoms. The topological polar surface area (TPSA) is 0 Å². The van der Waals surface area contributed by atoms with Crippen LogP contribution in [0.15, 0.2) is 0 Å². The fraction of sp³-hybridized carbons (Fsp3) is 1.00. The summed E-state index contributed by atoms with van der Waals surface area (Å²) < 4.78 is 0. The average molecular weight is 563 g/mol. The molecular weight excluding hydrogens is 487 g/mol. The number of unbranched alkanes of at least 4 members (excludes halogenated alkanes) is 17. The van der Waals surface area contributed by atoms with Gasteiger partial charge in [-0.1, -0.05) is 193 Å². The monoisotopic (exact) mass is 563 g/mol. The SMILES string of the molecule is CCCCCCCCCCCCCCCCCCCCC1(C2CCCCCCCC2P)CCCCCCCC1. The van der Waals surface area contributed by atoms with Gasteiger partial charge >= 0.3 is 0 Å². The summed E-state index contributed by atoms with van der Waals surface area (Å²) in [6.07, 6.45) is 51.0. The van der Waals surface area contributed by atoms with Gasteiger partial charge in [0.2, 0.25) is 0 Å². The maximum atomic E-state index is 3.39. The van der Waals surface area contributed by atoms with Crippen LogP contribution >= 0.6 is 9.24 Å². The minimum absolute atomic E-state index is 0.677. The fourth-order valence-electron chi connectivity index (χ4n) is 8.42. The molecule has 0 amide bonds. The molecule has 2 saturated carbocycles. The van der Waals surface area contributed by atoms with Gasteiger partial charge in [0.1, 0.15) is 0 Å². The summed E-state index contributed by atoms with van der Waals surface area (Å²) in [6, 6.07) is 0. The van der Waals surface area contributed by atoms with Crippen LogP contribution in [-0.4, -0.2) is 5.66 Å². The van der Waals surface area contributed by atoms with Crippen LogP contribution in [0.2, 0.25) is 0 Å². The van der Waals surface area contributed by atoms with Crippen molar-refractivity contribution in [1.29, 1.82) is 0 Å². The van der Waals surface area contributed by atoms with Crippen LogP contribution in [0.5, 0.6) is 0 Å². The lowest BCUT2D eigenvalue weighted by atomic mass is 9.63. The third kappa shape index (κ3) is 17.2. The molecule has 39 heavy (non-hydrogen) atoms. The first kappa shape index (κ1) is 35.6. The van der Waals surface area contributed by atoms with Crippen molar-refractivity contribution in [2.45, 2.75) is 231 Å². The van der Waals surface area contributed by atoms with Crippen molar-refractivity contribution in [2.75, 3.05) is 0 Å². The van der Waals surface area contributed by atoms with Crippen LogP contribution in [0.25, 0.3) is 0 Å². The molecule has 0 spiro atoms. The molecule has 3 atom stereocenters. The molecular formula is C38H75P. The van der Waals surface area contributed by atoms with E-state index >= 15 is 0 Å². The van der Waals surface area contributed by atoms with E-state index < -0.39 is 0 Å². The highest BCUT2D eigenvalue weighted by Gasteiger charge is 2.40. The molecule has 0 heterocycles. The van der Waals surface area contributed by atoms with Crippen LogP contribution in [0.3, 0.4) is 0 Å². The molecule has 0 aromatic carbocycles. The minimum Gasteiger partial charge on any atom is -0.134 e. The Labute approximate surface area is 251 Å². The van der Waals surface area contributed by atoms with Gasteiger partial charge in [-0.2, -0.15) is 0 Å². The van der Waals surface area contributed by atoms with E-state index in [2.05, 4.69) is 16.2 Å². The van der Waals surface area contributed by atoms with Crippen molar-refractivity contribution in [3.8, 4) is 0 Å². The van der Waals surface area contributed by atoms with Gasteiger partial charge in [0.05, 0.1) is 0 Å². The molecule has 0 aromatic heterocycles. The highest BCUT2D eigenvalue weighted by molar-refractivity contribution is 7.17. The van der Waals surface area contributed by atoms with Gasteiger partial charge in [0.15, 0.2) is 0 Å². The van der Waals surface area contributed by atoms with Gasteiger partial charge in [0.25, 0.3) is 0 Å². The van der Waals surface area contributed by atoms with E-state index in [0.717, 1.165) is 11.6 Å². The smallest absolute Gasteiger partial charge is 0.0231 e. The summed E-state index contributed by atoms with van der Waals surface area (Å²) in [5.41, 5.74) is 1.57. The molecule has 0 aliphatic heterocycles. The molecule has 0 N–H and O–H groups in total. The van der Waals surface area contributed by atoms with Crippen LogP contribution in [0.1, 0.15) is 225 Å². The summed E-state index contributed by atoms with van der Waals surface area (Å²) in [6.45, 7) is 2.31. The van der Waals surface area contributed by atoms with Crippen molar-refractivity contribution >= 4 is 9.24 Å². The summed E-state index contributed by atoms with van der Waals surface area (Å²) >= 11 is 0. The Hall–Kier alpha value is 0.430. The standard InChI is InChI=1S/C38H75P/c1-2-3-4-5-6-7-8-9-10-11-12-13-14-15-16-17-23-28-33-38(34-29-24-18-19-25-30-35-38)36-31-26-21-20-22-27-32-37(36)39/h36-37H,2-35,39H2,1H3. The van der Waals surface area contributed by atoms with Gasteiger partial charge < -0.3 is 0 Å². The molecule has 2 aliphatic rings. The Kier molecular flexibility index (Phi) is 22.8. The van der Waals surface area contributed by atoms with E-state index in [9.17, 15) is 0 Å². The van der Waals surface area contributed by atoms with Gasteiger partial charge in [-0.3, -0.25) is 0 Å². The zero-order chi connectivity index (χ0) is 27.7. The second-order valence-electron chi connectivity index (χ2n) is 14.4. The summed E-state index contributed by atoms with van der Waals surface area (Å²) in [7, 11) is 3.39. The van der Waals surface area contributed by atoms with E-state index in [4.69, 9.17) is 0 Å². The van der Waals surface area contributed by atoms with Gasteiger partial charge in [-0.25, -0.2) is 0 Å². The molecule has 0 bridgehead atoms. The Bertz CT molecular complexity index is 503. The van der Waals surface area contributed by atoms with Gasteiger partial charge in [-0.05, 0) is 49.1 Å². The zero-order valence-corrected chi connectivity index (χ0v) is 28.4. The molecule has 3 unspecified atom stereocenters. The van der Waals surface area contributed by atoms with Crippen LogP contribution < -0.4 is 0 Å². The van der Waals surface area contributed by atoms with E-state index in [1.807, 2.05) is 0 Å². The van der Waals surface area contributed by atoms with E-state index in [-0.39, 0.29) is 0 Å². The van der Waals surface area contributed by atoms with Gasteiger partial charge in [-0.15, -0.1) is 9.24 Å². The summed E-state index contributed by atoms with van der Waals surface area (Å²) in [5.74, 6) is 0.990. The third-order valence-electron chi connectivity index (χ3n) is 11.0. The van der Waals surface area contributed by atoms with Crippen molar-refractivity contribution in [1.82, 2.24) is 0 Å². The number of hydrogen-bond donors (Lipinski definition) is 0. The zero-order valence-electron chi connectivity index (χ0n) is 27.3. The quantitative estimate of drug-likeness (QED) is 0.102. The average Bonchev–Trinajstić information content (AvgIpc) is 3.13. The molecule has 2 fully saturated rings. The largest absolute Gasteiger partial charge is 0.134 e. The molecule has 232 valence electrons. The van der Waals surface area contributed by atoms with Crippen LogP contribution in [0.4, 0.5) is 0 Å². The third-order valence-corrected chi connectivity index (χ3v) is 11.8. The van der Waals surface area contributed by atoms with Gasteiger partial charge in [0, 0.05) is 0 Å². The predicted molar refractivity (Wildman–Crippen MR) is 182 cm³/mol. The Morgan fingerprint density at radius 3 is 1.26 bits per heavy atom. The highest BCUT2D eigenvalue weighted by atomic mass is 31.0.